The molecular weight excluding hydrogens is 294 g/mol. The number of rotatable bonds is 1. The zero-order chi connectivity index (χ0) is 16.9. The molecule has 1 aromatic rings. The van der Waals surface area contributed by atoms with Gasteiger partial charge in [0.1, 0.15) is 11.3 Å². The molecule has 128 valence electrons. The number of carbonyl (C=O) groups excluding carboxylic acids is 1. The summed E-state index contributed by atoms with van der Waals surface area (Å²) in [5.41, 5.74) is 0.621. The zero-order valence-corrected chi connectivity index (χ0v) is 14.7. The van der Waals surface area contributed by atoms with Crippen LogP contribution in [0.25, 0.3) is 0 Å². The molecule has 3 heterocycles. The minimum atomic E-state index is -0.384. The number of nitrogens with one attached hydrogen (secondary N) is 1. The maximum absolute atomic E-state index is 12.9. The predicted molar refractivity (Wildman–Crippen MR) is 86.5 cm³/mol. The van der Waals surface area contributed by atoms with Crippen LogP contribution in [-0.4, -0.2) is 58.5 Å². The average molecular weight is 321 g/mol. The van der Waals surface area contributed by atoms with E-state index in [2.05, 4.69) is 31.0 Å². The predicted octanol–water partition coefficient (Wildman–Crippen LogP) is 2.12. The Morgan fingerprint density at radius 3 is 2.65 bits per heavy atom. The molecule has 1 amide bonds. The number of ether oxygens (including phenoxy) is 2. The second-order valence-electron chi connectivity index (χ2n) is 8.43. The lowest BCUT2D eigenvalue weighted by molar-refractivity contribution is -0.186. The third-order valence-electron chi connectivity index (χ3n) is 4.50. The molecule has 1 unspecified atom stereocenters. The summed E-state index contributed by atoms with van der Waals surface area (Å²) in [6.45, 7) is 12.7. The quantitative estimate of drug-likeness (QED) is 0.860. The summed E-state index contributed by atoms with van der Waals surface area (Å²) in [5, 5.41) is 7.23. The second-order valence-corrected chi connectivity index (χ2v) is 8.43. The molecule has 6 heteroatoms. The lowest BCUT2D eigenvalue weighted by Gasteiger charge is -2.47. The Labute approximate surface area is 137 Å². The van der Waals surface area contributed by atoms with E-state index in [9.17, 15) is 4.79 Å². The first kappa shape index (κ1) is 16.5. The van der Waals surface area contributed by atoms with Crippen LogP contribution in [0.3, 0.4) is 0 Å². The molecule has 3 rings (SSSR count). The molecule has 2 aliphatic rings. The van der Waals surface area contributed by atoms with Crippen molar-refractivity contribution in [1.82, 2.24) is 15.1 Å². The van der Waals surface area contributed by atoms with Crippen LogP contribution < -0.4 is 0 Å². The van der Waals surface area contributed by atoms with Crippen LogP contribution in [0.15, 0.2) is 6.07 Å². The van der Waals surface area contributed by atoms with Gasteiger partial charge in [-0.15, -0.1) is 0 Å². The van der Waals surface area contributed by atoms with Gasteiger partial charge in [0.15, 0.2) is 0 Å². The molecule has 0 radical (unpaired) electrons. The monoisotopic (exact) mass is 321 g/mol. The average Bonchev–Trinajstić information content (AvgIpc) is 3.04. The molecule has 0 saturated carbocycles. The highest BCUT2D eigenvalue weighted by atomic mass is 16.6. The fourth-order valence-electron chi connectivity index (χ4n) is 3.43. The van der Waals surface area contributed by atoms with Gasteiger partial charge >= 0.3 is 0 Å². The fraction of sp³-hybridized carbons (Fsp3) is 0.765. The Kier molecular flexibility index (Phi) is 3.80. The topological polar surface area (TPSA) is 67.5 Å². The Bertz CT molecular complexity index is 594. The van der Waals surface area contributed by atoms with E-state index in [-0.39, 0.29) is 22.5 Å². The van der Waals surface area contributed by atoms with Gasteiger partial charge in [0.25, 0.3) is 5.91 Å². The number of H-pyrrole nitrogens is 1. The molecule has 0 aromatic carbocycles. The minimum Gasteiger partial charge on any atom is -0.378 e. The number of hydrogen-bond acceptors (Lipinski definition) is 4. The summed E-state index contributed by atoms with van der Waals surface area (Å²) < 4.78 is 11.8. The Morgan fingerprint density at radius 1 is 1.35 bits per heavy atom. The van der Waals surface area contributed by atoms with Gasteiger partial charge in [-0.3, -0.25) is 9.89 Å². The highest BCUT2D eigenvalue weighted by molar-refractivity contribution is 5.92. The van der Waals surface area contributed by atoms with Gasteiger partial charge in [-0.1, -0.05) is 20.8 Å². The molecule has 23 heavy (non-hydrogen) atoms. The summed E-state index contributed by atoms with van der Waals surface area (Å²) in [5.74, 6) is -0.0422. The van der Waals surface area contributed by atoms with Crippen LogP contribution in [0.2, 0.25) is 0 Å². The lowest BCUT2D eigenvalue weighted by atomic mass is 9.92. The minimum absolute atomic E-state index is 0.0422. The number of aromatic amines is 1. The van der Waals surface area contributed by atoms with E-state index in [0.29, 0.717) is 32.0 Å². The van der Waals surface area contributed by atoms with Gasteiger partial charge in [0, 0.05) is 30.7 Å². The normalized spacial score (nSPS) is 27.6. The maximum Gasteiger partial charge on any atom is 0.274 e. The SMILES string of the molecule is CC1(C)CN(C(=O)c2cc(C(C)(C)C)[nH]n2)CC2(CCOC2)O1. The van der Waals surface area contributed by atoms with Crippen molar-refractivity contribution in [3.05, 3.63) is 17.5 Å². The third kappa shape index (κ3) is 3.28. The van der Waals surface area contributed by atoms with Crippen molar-refractivity contribution in [1.29, 1.82) is 0 Å². The summed E-state index contributed by atoms with van der Waals surface area (Å²) in [6, 6.07) is 1.86. The van der Waals surface area contributed by atoms with E-state index in [4.69, 9.17) is 9.47 Å². The number of aromatic nitrogens is 2. The molecular formula is C17H27N3O3. The second kappa shape index (κ2) is 5.31. The van der Waals surface area contributed by atoms with Gasteiger partial charge in [-0.25, -0.2) is 0 Å². The highest BCUT2D eigenvalue weighted by Gasteiger charge is 2.48. The van der Waals surface area contributed by atoms with Crippen molar-refractivity contribution >= 4 is 5.91 Å². The van der Waals surface area contributed by atoms with E-state index >= 15 is 0 Å². The summed E-state index contributed by atoms with van der Waals surface area (Å²) in [4.78, 5) is 14.8. The molecule has 2 aliphatic heterocycles. The van der Waals surface area contributed by atoms with Crippen molar-refractivity contribution in [3.63, 3.8) is 0 Å². The van der Waals surface area contributed by atoms with Crippen molar-refractivity contribution in [2.24, 2.45) is 0 Å². The molecule has 1 spiro atoms. The molecule has 0 aliphatic carbocycles. The van der Waals surface area contributed by atoms with E-state index in [1.165, 1.54) is 0 Å². The number of amides is 1. The fourth-order valence-corrected chi connectivity index (χ4v) is 3.43. The third-order valence-corrected chi connectivity index (χ3v) is 4.50. The van der Waals surface area contributed by atoms with Gasteiger partial charge in [0.2, 0.25) is 0 Å². The highest BCUT2D eigenvalue weighted by Crippen LogP contribution is 2.35. The smallest absolute Gasteiger partial charge is 0.274 e. The molecule has 1 atom stereocenters. The maximum atomic E-state index is 12.9. The van der Waals surface area contributed by atoms with Crippen molar-refractivity contribution in [3.8, 4) is 0 Å². The molecule has 0 bridgehead atoms. The first-order valence-corrected chi connectivity index (χ1v) is 8.23. The van der Waals surface area contributed by atoms with Gasteiger partial charge in [0.05, 0.1) is 18.8 Å². The molecule has 6 nitrogen and oxygen atoms in total. The number of nitrogens with zero attached hydrogens (tertiary/aromatic N) is 2. The van der Waals surface area contributed by atoms with E-state index in [1.807, 2.05) is 24.8 Å². The first-order valence-electron chi connectivity index (χ1n) is 8.23. The molecule has 2 saturated heterocycles. The van der Waals surface area contributed by atoms with Crippen LogP contribution in [-0.2, 0) is 14.9 Å². The Hall–Kier alpha value is -1.40. The summed E-state index contributed by atoms with van der Waals surface area (Å²) in [6.07, 6.45) is 0.827. The van der Waals surface area contributed by atoms with Crippen LogP contribution in [0.4, 0.5) is 0 Å². The van der Waals surface area contributed by atoms with Crippen LogP contribution in [0.5, 0.6) is 0 Å². The van der Waals surface area contributed by atoms with Crippen molar-refractivity contribution in [2.45, 2.75) is 57.7 Å². The zero-order valence-electron chi connectivity index (χ0n) is 14.7. The van der Waals surface area contributed by atoms with Crippen LogP contribution in [0.1, 0.15) is 57.2 Å². The largest absolute Gasteiger partial charge is 0.378 e. The Morgan fingerprint density at radius 2 is 2.09 bits per heavy atom. The Balaban J connectivity index is 1.82. The summed E-state index contributed by atoms with van der Waals surface area (Å²) >= 11 is 0. The number of morpholine rings is 1. The van der Waals surface area contributed by atoms with Crippen molar-refractivity contribution < 1.29 is 14.3 Å². The molecule has 2 fully saturated rings. The summed E-state index contributed by atoms with van der Waals surface area (Å²) in [7, 11) is 0. The lowest BCUT2D eigenvalue weighted by Crippen LogP contribution is -2.61. The van der Waals surface area contributed by atoms with E-state index < -0.39 is 0 Å². The number of hydrogen-bond donors (Lipinski definition) is 1. The molecule has 1 aromatic heterocycles. The van der Waals surface area contributed by atoms with E-state index in [0.717, 1.165) is 12.1 Å². The first-order chi connectivity index (χ1) is 10.6. The van der Waals surface area contributed by atoms with Gasteiger partial charge in [-0.2, -0.15) is 5.10 Å². The molecule has 1 N–H and O–H groups in total. The van der Waals surface area contributed by atoms with Gasteiger partial charge < -0.3 is 14.4 Å². The van der Waals surface area contributed by atoms with Crippen LogP contribution in [0, 0.1) is 0 Å². The van der Waals surface area contributed by atoms with Gasteiger partial charge in [-0.05, 0) is 19.9 Å². The standard InChI is InChI=1S/C17H27N3O3/c1-15(2,3)13-8-12(18-19-13)14(21)20-9-16(4,5)23-17(10-20)6-7-22-11-17/h8H,6-7,9-11H2,1-5H3,(H,18,19). The van der Waals surface area contributed by atoms with Crippen LogP contribution >= 0.6 is 0 Å². The number of carbonyl (C=O) groups is 1. The van der Waals surface area contributed by atoms with E-state index in [1.54, 1.807) is 0 Å². The van der Waals surface area contributed by atoms with Crippen molar-refractivity contribution in [2.75, 3.05) is 26.3 Å².